The monoisotopic (exact) mass is 127 g/mol. The van der Waals surface area contributed by atoms with Gasteiger partial charge >= 0.3 is 0 Å². The smallest absolute Gasteiger partial charge is 0.0441 e. The molecule has 52 valence electrons. The van der Waals surface area contributed by atoms with Gasteiger partial charge in [0.15, 0.2) is 0 Å². The van der Waals surface area contributed by atoms with Crippen LogP contribution in [0.1, 0.15) is 13.3 Å². The summed E-state index contributed by atoms with van der Waals surface area (Å²) in [6.45, 7) is 6.44. The summed E-state index contributed by atoms with van der Waals surface area (Å²) in [5.74, 6) is 0. The van der Waals surface area contributed by atoms with Crippen LogP contribution in [0.3, 0.4) is 0 Å². The Morgan fingerprint density at radius 1 is 1.67 bits per heavy atom. The van der Waals surface area contributed by atoms with Crippen LogP contribution in [-0.2, 0) is 0 Å². The Labute approximate surface area is 56.1 Å². The minimum atomic E-state index is 0.942. The van der Waals surface area contributed by atoms with Crippen molar-refractivity contribution in [3.05, 3.63) is 12.8 Å². The first kappa shape index (κ1) is 8.14. The Kier molecular flexibility index (Phi) is 4.78. The average Bonchev–Trinajstić information content (AvgIpc) is 1.85. The molecule has 0 aromatic heterocycles. The zero-order valence-corrected chi connectivity index (χ0v) is 6.04. The first-order valence-corrected chi connectivity index (χ1v) is 3.04. The second kappa shape index (κ2) is 5.28. The number of rotatable bonds is 4. The number of hydrogen-bond donors (Lipinski definition) is 0. The van der Waals surface area contributed by atoms with E-state index in [-0.39, 0.29) is 0 Å². The molecule has 0 spiro atoms. The molecule has 0 saturated heterocycles. The summed E-state index contributed by atoms with van der Waals surface area (Å²) in [5, 5.41) is 9.16. The molecule has 0 radical (unpaired) electrons. The Bertz CT molecular complexity index is 98.5. The van der Waals surface area contributed by atoms with E-state index in [0.29, 0.717) is 0 Å². The summed E-state index contributed by atoms with van der Waals surface area (Å²) in [6.07, 6.45) is 2.51. The second-order valence-electron chi connectivity index (χ2n) is 1.77. The van der Waals surface area contributed by atoms with Crippen LogP contribution < -0.4 is 0 Å². The minimum absolute atomic E-state index is 0.942. The maximum atomic E-state index is 3.77. The van der Waals surface area contributed by atoms with Crippen LogP contribution in [0.2, 0.25) is 0 Å². The SMILES string of the molecule is C=CN=NN(C)CCC. The third-order valence-corrected chi connectivity index (χ3v) is 0.833. The fourth-order valence-corrected chi connectivity index (χ4v) is 0.493. The summed E-state index contributed by atoms with van der Waals surface area (Å²) < 4.78 is 0. The van der Waals surface area contributed by atoms with Gasteiger partial charge < -0.3 is 0 Å². The maximum Gasteiger partial charge on any atom is 0.0441 e. The lowest BCUT2D eigenvalue weighted by molar-refractivity contribution is 0.332. The van der Waals surface area contributed by atoms with Crippen molar-refractivity contribution in [3.8, 4) is 0 Å². The Hall–Kier alpha value is -0.860. The minimum Gasteiger partial charge on any atom is -0.282 e. The standard InChI is InChI=1S/C6H13N3/c1-4-6-9(3)8-7-5-2/h5H,2,4,6H2,1,3H3. The van der Waals surface area contributed by atoms with Gasteiger partial charge in [-0.2, -0.15) is 0 Å². The van der Waals surface area contributed by atoms with Gasteiger partial charge in [0, 0.05) is 19.8 Å². The molecule has 0 aliphatic heterocycles. The predicted molar refractivity (Wildman–Crippen MR) is 38.0 cm³/mol. The number of nitrogens with zero attached hydrogens (tertiary/aromatic N) is 3. The van der Waals surface area contributed by atoms with E-state index >= 15 is 0 Å². The quantitative estimate of drug-likeness (QED) is 0.418. The molecule has 0 aliphatic rings. The van der Waals surface area contributed by atoms with Crippen molar-refractivity contribution in [2.24, 2.45) is 10.3 Å². The van der Waals surface area contributed by atoms with Crippen molar-refractivity contribution >= 4 is 0 Å². The topological polar surface area (TPSA) is 28.0 Å². The van der Waals surface area contributed by atoms with Crippen molar-refractivity contribution in [1.29, 1.82) is 0 Å². The lowest BCUT2D eigenvalue weighted by Crippen LogP contribution is -2.10. The summed E-state index contributed by atoms with van der Waals surface area (Å²) in [7, 11) is 1.89. The number of hydrogen-bond acceptors (Lipinski definition) is 2. The molecule has 0 aromatic carbocycles. The van der Waals surface area contributed by atoms with Crippen LogP contribution in [0.5, 0.6) is 0 Å². The first-order chi connectivity index (χ1) is 4.31. The molecule has 3 nitrogen and oxygen atoms in total. The normalized spacial score (nSPS) is 10.0. The van der Waals surface area contributed by atoms with Crippen molar-refractivity contribution in [2.45, 2.75) is 13.3 Å². The summed E-state index contributed by atoms with van der Waals surface area (Å²) >= 11 is 0. The molecule has 0 N–H and O–H groups in total. The predicted octanol–water partition coefficient (Wildman–Crippen LogP) is 1.84. The van der Waals surface area contributed by atoms with E-state index in [1.165, 1.54) is 6.20 Å². The maximum absolute atomic E-state index is 3.77. The Morgan fingerprint density at radius 2 is 2.33 bits per heavy atom. The molecule has 0 aromatic rings. The van der Waals surface area contributed by atoms with Gasteiger partial charge in [-0.1, -0.05) is 18.7 Å². The molecule has 0 heterocycles. The van der Waals surface area contributed by atoms with Gasteiger partial charge in [-0.25, -0.2) is 0 Å². The molecule has 0 bridgehead atoms. The van der Waals surface area contributed by atoms with Gasteiger partial charge in [-0.05, 0) is 6.42 Å². The Morgan fingerprint density at radius 3 is 2.78 bits per heavy atom. The molecule has 0 saturated carbocycles. The van der Waals surface area contributed by atoms with Crippen LogP contribution in [0, 0.1) is 0 Å². The van der Waals surface area contributed by atoms with E-state index in [9.17, 15) is 0 Å². The fraction of sp³-hybridized carbons (Fsp3) is 0.667. The molecule has 0 rings (SSSR count). The molecule has 9 heavy (non-hydrogen) atoms. The molecular weight excluding hydrogens is 114 g/mol. The van der Waals surface area contributed by atoms with Crippen LogP contribution in [-0.4, -0.2) is 18.6 Å². The van der Waals surface area contributed by atoms with Crippen LogP contribution in [0.15, 0.2) is 23.1 Å². The highest BCUT2D eigenvalue weighted by molar-refractivity contribution is 4.56. The average molecular weight is 127 g/mol. The summed E-state index contributed by atoms with van der Waals surface area (Å²) in [6, 6.07) is 0. The highest BCUT2D eigenvalue weighted by Crippen LogP contribution is 1.87. The second-order valence-corrected chi connectivity index (χ2v) is 1.77. The lowest BCUT2D eigenvalue weighted by Gasteiger charge is -2.06. The highest BCUT2D eigenvalue weighted by atomic mass is 15.5. The van der Waals surface area contributed by atoms with Gasteiger partial charge in [0.2, 0.25) is 0 Å². The van der Waals surface area contributed by atoms with Crippen molar-refractivity contribution in [1.82, 2.24) is 5.01 Å². The van der Waals surface area contributed by atoms with Crippen LogP contribution >= 0.6 is 0 Å². The van der Waals surface area contributed by atoms with E-state index < -0.39 is 0 Å². The highest BCUT2D eigenvalue weighted by Gasteiger charge is 1.85. The van der Waals surface area contributed by atoms with E-state index in [2.05, 4.69) is 23.8 Å². The van der Waals surface area contributed by atoms with Gasteiger partial charge in [0.1, 0.15) is 0 Å². The van der Waals surface area contributed by atoms with Gasteiger partial charge in [-0.3, -0.25) is 5.01 Å². The summed E-state index contributed by atoms with van der Waals surface area (Å²) in [5.41, 5.74) is 0. The molecule has 0 unspecified atom stereocenters. The van der Waals surface area contributed by atoms with Crippen molar-refractivity contribution in [3.63, 3.8) is 0 Å². The molecule has 0 amide bonds. The zero-order chi connectivity index (χ0) is 7.11. The third-order valence-electron chi connectivity index (χ3n) is 0.833. The molecule has 0 atom stereocenters. The van der Waals surface area contributed by atoms with Gasteiger partial charge in [0.25, 0.3) is 0 Å². The third kappa shape index (κ3) is 5.00. The van der Waals surface area contributed by atoms with E-state index in [1.54, 1.807) is 5.01 Å². The molecule has 0 fully saturated rings. The molecular formula is C6H13N3. The first-order valence-electron chi connectivity index (χ1n) is 3.04. The van der Waals surface area contributed by atoms with E-state index in [0.717, 1.165) is 13.0 Å². The lowest BCUT2D eigenvalue weighted by atomic mass is 10.5. The fourth-order valence-electron chi connectivity index (χ4n) is 0.493. The van der Waals surface area contributed by atoms with Crippen LogP contribution in [0.25, 0.3) is 0 Å². The summed E-state index contributed by atoms with van der Waals surface area (Å²) in [4.78, 5) is 0. The zero-order valence-electron chi connectivity index (χ0n) is 6.04. The van der Waals surface area contributed by atoms with Crippen molar-refractivity contribution in [2.75, 3.05) is 13.6 Å². The Balaban J connectivity index is 3.35. The molecule has 0 aliphatic carbocycles. The largest absolute Gasteiger partial charge is 0.282 e. The van der Waals surface area contributed by atoms with E-state index in [1.807, 2.05) is 7.05 Å². The van der Waals surface area contributed by atoms with Crippen LogP contribution in [0.4, 0.5) is 0 Å². The van der Waals surface area contributed by atoms with E-state index in [4.69, 9.17) is 0 Å². The van der Waals surface area contributed by atoms with Crippen molar-refractivity contribution < 1.29 is 0 Å². The molecule has 3 heteroatoms. The van der Waals surface area contributed by atoms with Gasteiger partial charge in [-0.15, -0.1) is 5.11 Å². The van der Waals surface area contributed by atoms with Gasteiger partial charge in [0.05, 0.1) is 0 Å².